The Labute approximate surface area is 203 Å². The molecule has 1 amide bonds. The number of terminal acetylenes is 1. The second kappa shape index (κ2) is 11.7. The summed E-state index contributed by atoms with van der Waals surface area (Å²) in [7, 11) is 0. The number of carbonyl (C=O) groups is 2. The third kappa shape index (κ3) is 6.15. The van der Waals surface area contributed by atoms with Crippen LogP contribution in [0, 0.1) is 18.2 Å². The van der Waals surface area contributed by atoms with E-state index in [2.05, 4.69) is 10.9 Å². The summed E-state index contributed by atoms with van der Waals surface area (Å²) in [5.74, 6) is 0.703. The molecule has 1 aromatic heterocycles. The summed E-state index contributed by atoms with van der Waals surface area (Å²) in [6.45, 7) is 3.48. The lowest BCUT2D eigenvalue weighted by molar-refractivity contribution is -0.138. The number of pyridine rings is 1. The summed E-state index contributed by atoms with van der Waals surface area (Å²) in [4.78, 5) is 31.8. The van der Waals surface area contributed by atoms with Gasteiger partial charge in [0.05, 0.1) is 23.4 Å². The molecule has 0 N–H and O–H groups in total. The molecule has 1 aliphatic carbocycles. The number of carbonyl (C=O) groups excluding carboxylic acids is 2. The van der Waals surface area contributed by atoms with E-state index in [1.165, 1.54) is 11.0 Å². The Morgan fingerprint density at radius 3 is 2.65 bits per heavy atom. The molecule has 178 valence electrons. The molecule has 1 aliphatic rings. The third-order valence-electron chi connectivity index (χ3n) is 5.22. The molecule has 0 bridgehead atoms. The third-order valence-corrected chi connectivity index (χ3v) is 5.52. The summed E-state index contributed by atoms with van der Waals surface area (Å²) < 4.78 is 26.0. The molecule has 34 heavy (non-hydrogen) atoms. The molecule has 0 saturated carbocycles. The highest BCUT2D eigenvalue weighted by Gasteiger charge is 2.30. The summed E-state index contributed by atoms with van der Waals surface area (Å²) in [6.07, 6.45) is 10.4. The highest BCUT2D eigenvalue weighted by Crippen LogP contribution is 2.36. The van der Waals surface area contributed by atoms with E-state index in [1.807, 2.05) is 13.8 Å². The molecule has 1 aromatic carbocycles. The lowest BCUT2D eigenvalue weighted by Gasteiger charge is -2.28. The van der Waals surface area contributed by atoms with Gasteiger partial charge in [-0.3, -0.25) is 9.78 Å². The minimum absolute atomic E-state index is 0.0108. The molecule has 0 aliphatic heterocycles. The molecule has 0 saturated heterocycles. The van der Waals surface area contributed by atoms with Crippen LogP contribution >= 0.6 is 11.6 Å². The number of esters is 1. The topological polar surface area (TPSA) is 68.7 Å². The van der Waals surface area contributed by atoms with Gasteiger partial charge in [0, 0.05) is 29.6 Å². The lowest BCUT2D eigenvalue weighted by atomic mass is 9.90. The first-order chi connectivity index (χ1) is 16.3. The number of hydrogen-bond donors (Lipinski definition) is 0. The van der Waals surface area contributed by atoms with Crippen molar-refractivity contribution in [2.75, 3.05) is 11.5 Å². The number of rotatable bonds is 8. The van der Waals surface area contributed by atoms with Gasteiger partial charge in [-0.2, -0.15) is 0 Å². The number of halogens is 2. The van der Waals surface area contributed by atoms with Crippen LogP contribution in [0.4, 0.5) is 10.1 Å². The first-order valence-corrected chi connectivity index (χ1v) is 11.4. The van der Waals surface area contributed by atoms with Crippen molar-refractivity contribution in [2.24, 2.45) is 0 Å². The van der Waals surface area contributed by atoms with Crippen molar-refractivity contribution in [1.29, 1.82) is 0 Å². The van der Waals surface area contributed by atoms with Crippen molar-refractivity contribution in [2.45, 2.75) is 52.2 Å². The zero-order valence-electron chi connectivity index (χ0n) is 19.1. The van der Waals surface area contributed by atoms with Crippen LogP contribution in [0.3, 0.4) is 0 Å². The normalized spacial score (nSPS) is 13.4. The van der Waals surface area contributed by atoms with Crippen LogP contribution in [0.25, 0.3) is 0 Å². The Hall–Kier alpha value is -3.37. The number of aromatic nitrogens is 1. The summed E-state index contributed by atoms with van der Waals surface area (Å²) in [5, 5.41) is 0.0964. The minimum atomic E-state index is -0.689. The molecule has 2 aromatic rings. The van der Waals surface area contributed by atoms with Crippen molar-refractivity contribution in [1.82, 2.24) is 4.98 Å². The van der Waals surface area contributed by atoms with E-state index in [-0.39, 0.29) is 46.9 Å². The second-order valence-electron chi connectivity index (χ2n) is 8.10. The molecule has 0 unspecified atom stereocenters. The fourth-order valence-corrected chi connectivity index (χ4v) is 3.93. The number of benzene rings is 1. The number of hydrogen-bond acceptors (Lipinski definition) is 5. The molecule has 0 atom stereocenters. The molecule has 0 spiro atoms. The van der Waals surface area contributed by atoms with E-state index in [0.29, 0.717) is 18.4 Å². The Morgan fingerprint density at radius 2 is 2.00 bits per heavy atom. The number of amides is 1. The van der Waals surface area contributed by atoms with Gasteiger partial charge in [-0.05, 0) is 57.2 Å². The number of anilines is 1. The lowest BCUT2D eigenvalue weighted by Crippen LogP contribution is -2.34. The fourth-order valence-electron chi connectivity index (χ4n) is 3.73. The second-order valence-corrected chi connectivity index (χ2v) is 8.50. The Bertz CT molecular complexity index is 1130. The predicted octanol–water partition coefficient (Wildman–Crippen LogP) is 5.24. The van der Waals surface area contributed by atoms with Gasteiger partial charge in [0.2, 0.25) is 0 Å². The number of nitrogens with zero attached hydrogens (tertiary/aromatic N) is 2. The van der Waals surface area contributed by atoms with E-state index in [4.69, 9.17) is 27.5 Å². The molecular formula is C26H26ClFN2O4. The first kappa shape index (κ1) is 25.3. The average Bonchev–Trinajstić information content (AvgIpc) is 2.83. The van der Waals surface area contributed by atoms with Gasteiger partial charge in [0.1, 0.15) is 11.6 Å². The van der Waals surface area contributed by atoms with Crippen molar-refractivity contribution in [3.8, 4) is 18.1 Å². The van der Waals surface area contributed by atoms with Gasteiger partial charge in [0.25, 0.3) is 5.91 Å². The molecule has 1 heterocycles. The van der Waals surface area contributed by atoms with Crippen molar-refractivity contribution in [3.05, 3.63) is 64.2 Å². The molecule has 6 nitrogen and oxygen atoms in total. The van der Waals surface area contributed by atoms with E-state index >= 15 is 4.39 Å². The monoisotopic (exact) mass is 484 g/mol. The van der Waals surface area contributed by atoms with Gasteiger partial charge in [-0.25, -0.2) is 9.18 Å². The van der Waals surface area contributed by atoms with Crippen molar-refractivity contribution < 1.29 is 23.5 Å². The summed E-state index contributed by atoms with van der Waals surface area (Å²) in [5.41, 5.74) is 1.24. The van der Waals surface area contributed by atoms with Crippen LogP contribution in [0.15, 0.2) is 47.8 Å². The van der Waals surface area contributed by atoms with Crippen LogP contribution in [-0.4, -0.2) is 29.6 Å². The summed E-state index contributed by atoms with van der Waals surface area (Å²) in [6, 6.07) is 6.04. The minimum Gasteiger partial charge on any atom is -0.489 e. The van der Waals surface area contributed by atoms with E-state index in [0.717, 1.165) is 18.9 Å². The van der Waals surface area contributed by atoms with Crippen molar-refractivity contribution >= 4 is 29.2 Å². The maximum Gasteiger partial charge on any atom is 0.335 e. The van der Waals surface area contributed by atoms with Gasteiger partial charge < -0.3 is 14.4 Å². The quantitative estimate of drug-likeness (QED) is 0.378. The predicted molar refractivity (Wildman–Crippen MR) is 128 cm³/mol. The number of ether oxygens (including phenoxy) is 2. The van der Waals surface area contributed by atoms with Gasteiger partial charge in [-0.15, -0.1) is 6.42 Å². The SMILES string of the molecule is C#CCOC(=O)C1=C(C(=O)N(Cc2cccnc2)c2cc(OC(C)C)c(Cl)cc2F)CCCC1. The standard InChI is InChI=1S/C26H26ClFN2O4/c1-4-12-33-26(32)20-10-6-5-9-19(20)25(31)30(16-18-8-7-11-29-15-18)23-14-24(34-17(2)3)21(27)13-22(23)28/h1,7-8,11,13-15,17H,5-6,9-10,12,16H2,2-3H3. The Kier molecular flexibility index (Phi) is 8.67. The molecule has 8 heteroatoms. The van der Waals surface area contributed by atoms with Gasteiger partial charge in [-0.1, -0.05) is 23.6 Å². The smallest absolute Gasteiger partial charge is 0.335 e. The summed E-state index contributed by atoms with van der Waals surface area (Å²) >= 11 is 6.19. The van der Waals surface area contributed by atoms with Gasteiger partial charge >= 0.3 is 5.97 Å². The highest BCUT2D eigenvalue weighted by molar-refractivity contribution is 6.32. The molecule has 0 radical (unpaired) electrons. The van der Waals surface area contributed by atoms with Crippen LogP contribution < -0.4 is 9.64 Å². The van der Waals surface area contributed by atoms with Crippen LogP contribution in [0.1, 0.15) is 45.1 Å². The highest BCUT2D eigenvalue weighted by atomic mass is 35.5. The average molecular weight is 485 g/mol. The Morgan fingerprint density at radius 1 is 1.26 bits per heavy atom. The van der Waals surface area contributed by atoms with E-state index in [1.54, 1.807) is 24.5 Å². The van der Waals surface area contributed by atoms with Crippen LogP contribution in [-0.2, 0) is 20.9 Å². The van der Waals surface area contributed by atoms with Crippen molar-refractivity contribution in [3.63, 3.8) is 0 Å². The van der Waals surface area contributed by atoms with E-state index < -0.39 is 17.7 Å². The van der Waals surface area contributed by atoms with E-state index in [9.17, 15) is 9.59 Å². The Balaban J connectivity index is 2.09. The maximum absolute atomic E-state index is 15.2. The fraction of sp³-hybridized carbons (Fsp3) is 0.346. The van der Waals surface area contributed by atoms with Crippen LogP contribution in [0.2, 0.25) is 5.02 Å². The first-order valence-electron chi connectivity index (χ1n) is 11.0. The molecule has 0 fully saturated rings. The molecular weight excluding hydrogens is 459 g/mol. The van der Waals surface area contributed by atoms with Gasteiger partial charge in [0.15, 0.2) is 6.61 Å². The zero-order chi connectivity index (χ0) is 24.7. The largest absolute Gasteiger partial charge is 0.489 e. The van der Waals surface area contributed by atoms with Crippen LogP contribution in [0.5, 0.6) is 5.75 Å². The molecule has 3 rings (SSSR count). The zero-order valence-corrected chi connectivity index (χ0v) is 19.9. The maximum atomic E-state index is 15.2.